The fourth-order valence-corrected chi connectivity index (χ4v) is 1.70. The van der Waals surface area contributed by atoms with E-state index in [2.05, 4.69) is 4.98 Å². The van der Waals surface area contributed by atoms with Crippen LogP contribution < -0.4 is 10.5 Å². The SMILES string of the molecule is NC(=S)c1ccc(COc2cncc(Cl)c2)cc1. The van der Waals surface area contributed by atoms with Crippen LogP contribution in [0.15, 0.2) is 42.7 Å². The van der Waals surface area contributed by atoms with Crippen molar-refractivity contribution < 1.29 is 4.74 Å². The number of ether oxygens (including phenoxy) is 1. The number of halogens is 1. The molecule has 1 aromatic heterocycles. The van der Waals surface area contributed by atoms with Crippen LogP contribution in [-0.2, 0) is 6.61 Å². The lowest BCUT2D eigenvalue weighted by Gasteiger charge is -2.06. The Morgan fingerprint density at radius 3 is 2.61 bits per heavy atom. The van der Waals surface area contributed by atoms with Crippen molar-refractivity contribution >= 4 is 28.8 Å². The molecule has 0 atom stereocenters. The predicted octanol–water partition coefficient (Wildman–Crippen LogP) is 2.95. The fraction of sp³-hybridized carbons (Fsp3) is 0.0769. The Morgan fingerprint density at radius 2 is 2.00 bits per heavy atom. The summed E-state index contributed by atoms with van der Waals surface area (Å²) in [5.74, 6) is 0.640. The third kappa shape index (κ3) is 3.42. The average molecular weight is 279 g/mol. The Kier molecular flexibility index (Phi) is 4.12. The fourth-order valence-electron chi connectivity index (χ4n) is 1.40. The molecule has 2 rings (SSSR count). The van der Waals surface area contributed by atoms with Crippen LogP contribution in [0.2, 0.25) is 5.02 Å². The molecule has 0 spiro atoms. The highest BCUT2D eigenvalue weighted by Gasteiger charge is 1.99. The molecule has 0 radical (unpaired) electrons. The molecule has 18 heavy (non-hydrogen) atoms. The van der Waals surface area contributed by atoms with E-state index in [1.165, 1.54) is 0 Å². The zero-order chi connectivity index (χ0) is 13.0. The lowest BCUT2D eigenvalue weighted by atomic mass is 10.1. The van der Waals surface area contributed by atoms with Gasteiger partial charge in [-0.1, -0.05) is 48.1 Å². The van der Waals surface area contributed by atoms with Gasteiger partial charge in [0.15, 0.2) is 0 Å². The van der Waals surface area contributed by atoms with Gasteiger partial charge in [-0.25, -0.2) is 0 Å². The summed E-state index contributed by atoms with van der Waals surface area (Å²) in [5.41, 5.74) is 7.39. The minimum absolute atomic E-state index is 0.390. The largest absolute Gasteiger partial charge is 0.487 e. The van der Waals surface area contributed by atoms with Gasteiger partial charge < -0.3 is 10.5 Å². The van der Waals surface area contributed by atoms with Gasteiger partial charge in [0, 0.05) is 17.8 Å². The topological polar surface area (TPSA) is 48.1 Å². The number of benzene rings is 1. The molecule has 3 nitrogen and oxygen atoms in total. The summed E-state index contributed by atoms with van der Waals surface area (Å²) in [4.78, 5) is 4.33. The van der Waals surface area contributed by atoms with Gasteiger partial charge >= 0.3 is 0 Å². The molecular formula is C13H11ClN2OS. The highest BCUT2D eigenvalue weighted by atomic mass is 35.5. The van der Waals surface area contributed by atoms with E-state index in [4.69, 9.17) is 34.3 Å². The Hall–Kier alpha value is -1.65. The first-order valence-electron chi connectivity index (χ1n) is 5.27. The minimum Gasteiger partial charge on any atom is -0.487 e. The highest BCUT2D eigenvalue weighted by Crippen LogP contribution is 2.16. The van der Waals surface area contributed by atoms with E-state index >= 15 is 0 Å². The van der Waals surface area contributed by atoms with Crippen LogP contribution in [0.25, 0.3) is 0 Å². The Bertz CT molecular complexity index is 557. The zero-order valence-electron chi connectivity index (χ0n) is 9.47. The Morgan fingerprint density at radius 1 is 1.28 bits per heavy atom. The molecule has 0 aliphatic rings. The van der Waals surface area contributed by atoms with Gasteiger partial charge in [-0.15, -0.1) is 0 Å². The molecule has 92 valence electrons. The monoisotopic (exact) mass is 278 g/mol. The predicted molar refractivity (Wildman–Crippen MR) is 75.9 cm³/mol. The number of hydrogen-bond donors (Lipinski definition) is 1. The number of pyridine rings is 1. The maximum Gasteiger partial charge on any atom is 0.139 e. The maximum atomic E-state index is 5.81. The van der Waals surface area contributed by atoms with E-state index in [9.17, 15) is 0 Å². The second-order valence-corrected chi connectivity index (χ2v) is 4.56. The molecule has 1 heterocycles. The molecule has 2 aromatic rings. The van der Waals surface area contributed by atoms with Crippen molar-refractivity contribution in [1.82, 2.24) is 4.98 Å². The van der Waals surface area contributed by atoms with Crippen molar-refractivity contribution in [2.45, 2.75) is 6.61 Å². The molecular weight excluding hydrogens is 268 g/mol. The maximum absolute atomic E-state index is 5.81. The molecule has 0 bridgehead atoms. The summed E-state index contributed by atoms with van der Waals surface area (Å²) in [6.07, 6.45) is 3.18. The highest BCUT2D eigenvalue weighted by molar-refractivity contribution is 7.80. The van der Waals surface area contributed by atoms with Crippen molar-refractivity contribution in [3.05, 3.63) is 58.9 Å². The molecule has 1 aromatic carbocycles. The lowest BCUT2D eigenvalue weighted by Crippen LogP contribution is -2.09. The number of hydrogen-bond acceptors (Lipinski definition) is 3. The molecule has 5 heteroatoms. The van der Waals surface area contributed by atoms with Crippen molar-refractivity contribution in [3.8, 4) is 5.75 Å². The van der Waals surface area contributed by atoms with Crippen LogP contribution in [0.1, 0.15) is 11.1 Å². The van der Waals surface area contributed by atoms with Crippen molar-refractivity contribution in [2.75, 3.05) is 0 Å². The van der Waals surface area contributed by atoms with Gasteiger partial charge in [-0.05, 0) is 5.56 Å². The van der Waals surface area contributed by atoms with Crippen LogP contribution in [-0.4, -0.2) is 9.97 Å². The number of nitrogens with two attached hydrogens (primary N) is 1. The van der Waals surface area contributed by atoms with E-state index in [0.717, 1.165) is 11.1 Å². The number of aromatic nitrogens is 1. The van der Waals surface area contributed by atoms with Crippen molar-refractivity contribution in [1.29, 1.82) is 0 Å². The average Bonchev–Trinajstić information content (AvgIpc) is 2.37. The molecule has 2 N–H and O–H groups in total. The van der Waals surface area contributed by atoms with Crippen LogP contribution in [0, 0.1) is 0 Å². The third-order valence-electron chi connectivity index (χ3n) is 2.32. The smallest absolute Gasteiger partial charge is 0.139 e. The Labute approximate surface area is 116 Å². The second-order valence-electron chi connectivity index (χ2n) is 3.69. The summed E-state index contributed by atoms with van der Waals surface area (Å²) >= 11 is 10.7. The first-order valence-corrected chi connectivity index (χ1v) is 6.06. The van der Waals surface area contributed by atoms with E-state index < -0.39 is 0 Å². The molecule has 0 saturated carbocycles. The van der Waals surface area contributed by atoms with Crippen molar-refractivity contribution in [2.24, 2.45) is 5.73 Å². The third-order valence-corrected chi connectivity index (χ3v) is 2.77. The quantitative estimate of drug-likeness (QED) is 0.874. The summed E-state index contributed by atoms with van der Waals surface area (Å²) in [6, 6.07) is 9.31. The zero-order valence-corrected chi connectivity index (χ0v) is 11.0. The van der Waals surface area contributed by atoms with Crippen LogP contribution >= 0.6 is 23.8 Å². The van der Waals surface area contributed by atoms with Gasteiger partial charge in [-0.3, -0.25) is 4.98 Å². The van der Waals surface area contributed by atoms with E-state index in [0.29, 0.717) is 22.4 Å². The van der Waals surface area contributed by atoms with Gasteiger partial charge in [0.25, 0.3) is 0 Å². The van der Waals surface area contributed by atoms with Gasteiger partial charge in [0.05, 0.1) is 11.2 Å². The molecule has 0 aliphatic heterocycles. The summed E-state index contributed by atoms with van der Waals surface area (Å²) in [5, 5.41) is 0.552. The molecule has 0 saturated heterocycles. The van der Waals surface area contributed by atoms with Gasteiger partial charge in [0.2, 0.25) is 0 Å². The molecule has 0 unspecified atom stereocenters. The van der Waals surface area contributed by atoms with E-state index in [1.54, 1.807) is 18.5 Å². The first-order chi connectivity index (χ1) is 8.65. The summed E-state index contributed by atoms with van der Waals surface area (Å²) in [7, 11) is 0. The van der Waals surface area contributed by atoms with Crippen LogP contribution in [0.4, 0.5) is 0 Å². The van der Waals surface area contributed by atoms with Gasteiger partial charge in [-0.2, -0.15) is 0 Å². The minimum atomic E-state index is 0.390. The summed E-state index contributed by atoms with van der Waals surface area (Å²) in [6.45, 7) is 0.444. The Balaban J connectivity index is 2.00. The number of nitrogens with zero attached hydrogens (tertiary/aromatic N) is 1. The van der Waals surface area contributed by atoms with Crippen LogP contribution in [0.3, 0.4) is 0 Å². The molecule has 0 aliphatic carbocycles. The number of rotatable bonds is 4. The lowest BCUT2D eigenvalue weighted by molar-refractivity contribution is 0.305. The van der Waals surface area contributed by atoms with Crippen LogP contribution in [0.5, 0.6) is 5.75 Å². The normalized spacial score (nSPS) is 10.1. The van der Waals surface area contributed by atoms with Gasteiger partial charge in [0.1, 0.15) is 17.3 Å². The summed E-state index contributed by atoms with van der Waals surface area (Å²) < 4.78 is 5.56. The van der Waals surface area contributed by atoms with E-state index in [1.807, 2.05) is 24.3 Å². The van der Waals surface area contributed by atoms with Crippen molar-refractivity contribution in [3.63, 3.8) is 0 Å². The van der Waals surface area contributed by atoms with E-state index in [-0.39, 0.29) is 0 Å². The number of thiocarbonyl (C=S) groups is 1. The molecule has 0 fully saturated rings. The molecule has 0 amide bonds. The first kappa shape index (κ1) is 12.8. The standard InChI is InChI=1S/C13H11ClN2OS/c14-11-5-12(7-16-6-11)17-8-9-1-3-10(4-2-9)13(15)18/h1-7H,8H2,(H2,15,18). The second kappa shape index (κ2) is 5.80.